The molecule has 0 aliphatic carbocycles. The van der Waals surface area contributed by atoms with Crippen molar-refractivity contribution in [1.29, 1.82) is 0 Å². The van der Waals surface area contributed by atoms with Crippen molar-refractivity contribution in [1.82, 2.24) is 10.2 Å². The molecule has 3 nitrogen and oxygen atoms in total. The molecule has 0 saturated carbocycles. The average Bonchev–Trinajstić information content (AvgIpc) is 2.61. The predicted octanol–water partition coefficient (Wildman–Crippen LogP) is 3.91. The molecule has 0 unspecified atom stereocenters. The zero-order valence-electron chi connectivity index (χ0n) is 13.8. The zero-order chi connectivity index (χ0) is 16.8. The molecular formula is C20H23ClN2O. The van der Waals surface area contributed by atoms with Gasteiger partial charge in [-0.2, -0.15) is 0 Å². The number of nitrogens with one attached hydrogen (secondary N) is 1. The van der Waals surface area contributed by atoms with Crippen molar-refractivity contribution in [2.24, 2.45) is 0 Å². The van der Waals surface area contributed by atoms with Crippen LogP contribution in [-0.4, -0.2) is 30.4 Å². The fraction of sp³-hybridized carbons (Fsp3) is 0.350. The van der Waals surface area contributed by atoms with Gasteiger partial charge in [0, 0.05) is 19.6 Å². The Morgan fingerprint density at radius 2 is 1.79 bits per heavy atom. The second-order valence-electron chi connectivity index (χ2n) is 6.24. The van der Waals surface area contributed by atoms with E-state index in [0.717, 1.165) is 38.9 Å². The number of rotatable bonds is 6. The van der Waals surface area contributed by atoms with Crippen molar-refractivity contribution in [2.45, 2.75) is 25.8 Å². The second-order valence-corrected chi connectivity index (χ2v) is 6.64. The Hall–Kier alpha value is -1.84. The minimum absolute atomic E-state index is 0.0903. The molecule has 2 aromatic carbocycles. The summed E-state index contributed by atoms with van der Waals surface area (Å²) in [6, 6.07) is 15.9. The maximum Gasteiger partial charge on any atom is 0.252 e. The van der Waals surface area contributed by atoms with Gasteiger partial charge in [0.05, 0.1) is 10.6 Å². The minimum Gasteiger partial charge on any atom is -0.352 e. The van der Waals surface area contributed by atoms with Gasteiger partial charge in [-0.1, -0.05) is 48.0 Å². The third-order valence-corrected chi connectivity index (χ3v) is 4.84. The molecule has 0 atom stereocenters. The Morgan fingerprint density at radius 1 is 1.04 bits per heavy atom. The molecule has 1 aliphatic rings. The third kappa shape index (κ3) is 4.37. The average molecular weight is 343 g/mol. The van der Waals surface area contributed by atoms with Gasteiger partial charge in [0.2, 0.25) is 0 Å². The standard InChI is InChI=1S/C20H23ClN2O/c21-19-10-4-3-9-18(19)20(24)22-12-5-6-13-23-14-11-16-7-1-2-8-17(16)15-23/h1-4,7-10H,5-6,11-15H2,(H,22,24). The van der Waals surface area contributed by atoms with Crippen LogP contribution in [0.2, 0.25) is 5.02 Å². The molecule has 3 rings (SSSR count). The summed E-state index contributed by atoms with van der Waals surface area (Å²) in [5, 5.41) is 3.45. The monoisotopic (exact) mass is 342 g/mol. The van der Waals surface area contributed by atoms with Crippen LogP contribution in [0.1, 0.15) is 34.3 Å². The molecule has 0 fully saturated rings. The van der Waals surface area contributed by atoms with Gasteiger partial charge in [-0.3, -0.25) is 9.69 Å². The number of hydrogen-bond acceptors (Lipinski definition) is 2. The van der Waals surface area contributed by atoms with E-state index in [9.17, 15) is 4.79 Å². The summed E-state index contributed by atoms with van der Waals surface area (Å²) >= 11 is 6.03. The highest BCUT2D eigenvalue weighted by Crippen LogP contribution is 2.18. The van der Waals surface area contributed by atoms with E-state index in [0.29, 0.717) is 17.1 Å². The number of unbranched alkanes of at least 4 members (excludes halogenated alkanes) is 1. The smallest absolute Gasteiger partial charge is 0.252 e. The normalized spacial score (nSPS) is 14.2. The Labute approximate surface area is 148 Å². The van der Waals surface area contributed by atoms with E-state index in [2.05, 4.69) is 34.5 Å². The van der Waals surface area contributed by atoms with E-state index in [1.165, 1.54) is 11.1 Å². The summed E-state index contributed by atoms with van der Waals surface area (Å²) < 4.78 is 0. The second kappa shape index (κ2) is 8.32. The molecule has 126 valence electrons. The molecule has 1 aliphatic heterocycles. The van der Waals surface area contributed by atoms with Crippen molar-refractivity contribution in [3.05, 3.63) is 70.2 Å². The van der Waals surface area contributed by atoms with Crippen molar-refractivity contribution < 1.29 is 4.79 Å². The molecule has 0 radical (unpaired) electrons. The van der Waals surface area contributed by atoms with Gasteiger partial charge in [-0.15, -0.1) is 0 Å². The zero-order valence-corrected chi connectivity index (χ0v) is 14.6. The quantitative estimate of drug-likeness (QED) is 0.807. The van der Waals surface area contributed by atoms with Crippen molar-refractivity contribution in [2.75, 3.05) is 19.6 Å². The number of amides is 1. The lowest BCUT2D eigenvalue weighted by atomic mass is 10.00. The first-order valence-electron chi connectivity index (χ1n) is 8.56. The highest BCUT2D eigenvalue weighted by Gasteiger charge is 2.15. The highest BCUT2D eigenvalue weighted by molar-refractivity contribution is 6.33. The van der Waals surface area contributed by atoms with Crippen LogP contribution in [0.5, 0.6) is 0 Å². The summed E-state index contributed by atoms with van der Waals surface area (Å²) in [7, 11) is 0. The minimum atomic E-state index is -0.0903. The fourth-order valence-electron chi connectivity index (χ4n) is 3.15. The molecule has 1 amide bonds. The Bertz CT molecular complexity index is 702. The number of halogens is 1. The molecule has 1 heterocycles. The molecule has 1 N–H and O–H groups in total. The van der Waals surface area contributed by atoms with E-state index in [1.807, 2.05) is 12.1 Å². The summed E-state index contributed by atoms with van der Waals surface area (Å²) in [5.74, 6) is -0.0903. The molecule has 0 bridgehead atoms. The lowest BCUT2D eigenvalue weighted by Crippen LogP contribution is -2.32. The number of hydrogen-bond donors (Lipinski definition) is 1. The van der Waals surface area contributed by atoms with Gasteiger partial charge >= 0.3 is 0 Å². The SMILES string of the molecule is O=C(NCCCCN1CCc2ccccc2C1)c1ccccc1Cl. The summed E-state index contributed by atoms with van der Waals surface area (Å²) in [4.78, 5) is 14.6. The van der Waals surface area contributed by atoms with Crippen LogP contribution in [0.25, 0.3) is 0 Å². The van der Waals surface area contributed by atoms with Crippen molar-refractivity contribution in [3.63, 3.8) is 0 Å². The van der Waals surface area contributed by atoms with Gasteiger partial charge in [-0.05, 0) is 49.1 Å². The van der Waals surface area contributed by atoms with Crippen LogP contribution >= 0.6 is 11.6 Å². The van der Waals surface area contributed by atoms with Gasteiger partial charge in [0.25, 0.3) is 5.91 Å². The molecule has 24 heavy (non-hydrogen) atoms. The number of carbonyl (C=O) groups is 1. The molecule has 4 heteroatoms. The van der Waals surface area contributed by atoms with Crippen molar-refractivity contribution in [3.8, 4) is 0 Å². The topological polar surface area (TPSA) is 32.3 Å². The van der Waals surface area contributed by atoms with E-state index in [1.54, 1.807) is 12.1 Å². The maximum absolute atomic E-state index is 12.1. The van der Waals surface area contributed by atoms with Crippen LogP contribution in [0.15, 0.2) is 48.5 Å². The van der Waals surface area contributed by atoms with E-state index >= 15 is 0 Å². The van der Waals surface area contributed by atoms with Crippen LogP contribution < -0.4 is 5.32 Å². The lowest BCUT2D eigenvalue weighted by Gasteiger charge is -2.28. The number of carbonyl (C=O) groups excluding carboxylic acids is 1. The first-order chi connectivity index (χ1) is 11.7. The third-order valence-electron chi connectivity index (χ3n) is 4.51. The Kier molecular flexibility index (Phi) is 5.89. The number of benzene rings is 2. The number of nitrogens with zero attached hydrogens (tertiary/aromatic N) is 1. The highest BCUT2D eigenvalue weighted by atomic mass is 35.5. The molecular weight excluding hydrogens is 320 g/mol. The van der Waals surface area contributed by atoms with E-state index in [4.69, 9.17) is 11.6 Å². The van der Waals surface area contributed by atoms with E-state index in [-0.39, 0.29) is 5.91 Å². The molecule has 2 aromatic rings. The van der Waals surface area contributed by atoms with Crippen molar-refractivity contribution >= 4 is 17.5 Å². The predicted molar refractivity (Wildman–Crippen MR) is 98.4 cm³/mol. The maximum atomic E-state index is 12.1. The van der Waals surface area contributed by atoms with Gasteiger partial charge < -0.3 is 5.32 Å². The molecule has 0 saturated heterocycles. The molecule has 0 spiro atoms. The largest absolute Gasteiger partial charge is 0.352 e. The van der Waals surface area contributed by atoms with Gasteiger partial charge in [-0.25, -0.2) is 0 Å². The van der Waals surface area contributed by atoms with Crippen LogP contribution in [0.3, 0.4) is 0 Å². The van der Waals surface area contributed by atoms with Crippen LogP contribution in [0.4, 0.5) is 0 Å². The Balaban J connectivity index is 1.36. The lowest BCUT2D eigenvalue weighted by molar-refractivity contribution is 0.0952. The first kappa shape index (κ1) is 17.0. The van der Waals surface area contributed by atoms with Gasteiger partial charge in [0.15, 0.2) is 0 Å². The summed E-state index contributed by atoms with van der Waals surface area (Å²) in [6.07, 6.45) is 3.21. The van der Waals surface area contributed by atoms with Crippen LogP contribution in [0, 0.1) is 0 Å². The van der Waals surface area contributed by atoms with Gasteiger partial charge in [0.1, 0.15) is 0 Å². The molecule has 0 aromatic heterocycles. The Morgan fingerprint density at radius 3 is 2.62 bits per heavy atom. The van der Waals surface area contributed by atoms with E-state index < -0.39 is 0 Å². The summed E-state index contributed by atoms with van der Waals surface area (Å²) in [6.45, 7) is 3.94. The van der Waals surface area contributed by atoms with Crippen LogP contribution in [-0.2, 0) is 13.0 Å². The fourth-order valence-corrected chi connectivity index (χ4v) is 3.37. The summed E-state index contributed by atoms with van der Waals surface area (Å²) in [5.41, 5.74) is 3.49. The first-order valence-corrected chi connectivity index (χ1v) is 8.94. The number of fused-ring (bicyclic) bond motifs is 1.